The maximum atomic E-state index is 10.8. The van der Waals surface area contributed by atoms with Crippen LogP contribution in [-0.4, -0.2) is 33.0 Å². The summed E-state index contributed by atoms with van der Waals surface area (Å²) in [5.41, 5.74) is -0.246. The highest BCUT2D eigenvalue weighted by molar-refractivity contribution is 6.07. The Bertz CT molecular complexity index is 304. The van der Waals surface area contributed by atoms with Gasteiger partial charge < -0.3 is 15.3 Å². The summed E-state index contributed by atoms with van der Waals surface area (Å²) < 4.78 is 0. The molecular formula is C8H8O6. The zero-order chi connectivity index (χ0) is 11.3. The topological polar surface area (TPSA) is 112 Å². The van der Waals surface area contributed by atoms with E-state index in [1.807, 2.05) is 0 Å². The van der Waals surface area contributed by atoms with Crippen molar-refractivity contribution in [3.63, 3.8) is 0 Å². The number of hydrogen-bond acceptors (Lipinski definition) is 4. The Morgan fingerprint density at radius 2 is 1.43 bits per heavy atom. The Balaban J connectivity index is 4.69. The second-order valence-electron chi connectivity index (χ2n) is 2.37. The van der Waals surface area contributed by atoms with Gasteiger partial charge in [-0.1, -0.05) is 0 Å². The lowest BCUT2D eigenvalue weighted by atomic mass is 10.2. The predicted octanol–water partition coefficient (Wildman–Crippen LogP) is 0.113. The van der Waals surface area contributed by atoms with Gasteiger partial charge in [-0.3, -0.25) is 4.79 Å². The minimum Gasteiger partial charge on any atom is -0.502 e. The van der Waals surface area contributed by atoms with E-state index in [4.69, 9.17) is 15.3 Å². The Morgan fingerprint density at radius 1 is 0.929 bits per heavy atom. The fourth-order valence-electron chi connectivity index (χ4n) is 0.513. The standard InChI is InChI=1S/C8H8O6/c1-4(7(11)12)2-5(9)3-6(10)8(13)14/h2-3,10H,1H3,(H,11,12)(H,13,14)/b4-2?,6-3-. The predicted molar refractivity (Wildman–Crippen MR) is 44.7 cm³/mol. The highest BCUT2D eigenvalue weighted by Gasteiger charge is 2.07. The minimum absolute atomic E-state index is 0.246. The molecule has 0 aliphatic heterocycles. The second kappa shape index (κ2) is 4.80. The fraction of sp³-hybridized carbons (Fsp3) is 0.125. The Labute approximate surface area is 78.8 Å². The van der Waals surface area contributed by atoms with Gasteiger partial charge in [0.25, 0.3) is 0 Å². The number of carboxylic acids is 2. The van der Waals surface area contributed by atoms with Gasteiger partial charge in [-0.15, -0.1) is 0 Å². The first-order valence-electron chi connectivity index (χ1n) is 3.44. The van der Waals surface area contributed by atoms with Gasteiger partial charge in [0.1, 0.15) is 0 Å². The van der Waals surface area contributed by atoms with E-state index in [9.17, 15) is 14.4 Å². The highest BCUT2D eigenvalue weighted by atomic mass is 16.4. The summed E-state index contributed by atoms with van der Waals surface area (Å²) in [5.74, 6) is -4.98. The van der Waals surface area contributed by atoms with E-state index in [0.717, 1.165) is 0 Å². The molecule has 0 unspecified atom stereocenters. The largest absolute Gasteiger partial charge is 0.502 e. The summed E-state index contributed by atoms with van der Waals surface area (Å²) in [6.07, 6.45) is 1.14. The molecule has 0 aromatic heterocycles. The molecule has 6 heteroatoms. The molecule has 0 aliphatic rings. The quantitative estimate of drug-likeness (QED) is 0.438. The number of hydrogen-bond donors (Lipinski definition) is 3. The summed E-state index contributed by atoms with van der Waals surface area (Å²) in [6.45, 7) is 1.17. The van der Waals surface area contributed by atoms with Crippen molar-refractivity contribution in [3.05, 3.63) is 23.5 Å². The Hall–Kier alpha value is -2.11. The van der Waals surface area contributed by atoms with Crippen molar-refractivity contribution in [2.45, 2.75) is 6.92 Å². The van der Waals surface area contributed by atoms with E-state index < -0.39 is 23.5 Å². The van der Waals surface area contributed by atoms with Crippen molar-refractivity contribution in [1.82, 2.24) is 0 Å². The van der Waals surface area contributed by atoms with Crippen LogP contribution in [0, 0.1) is 0 Å². The number of ketones is 1. The first-order chi connectivity index (χ1) is 6.34. The SMILES string of the molecule is CC(=CC(=O)/C=C(\O)C(=O)O)C(=O)O. The smallest absolute Gasteiger partial charge is 0.371 e. The van der Waals surface area contributed by atoms with Crippen LogP contribution in [0.5, 0.6) is 0 Å². The van der Waals surface area contributed by atoms with Crippen LogP contribution in [0.15, 0.2) is 23.5 Å². The first kappa shape index (κ1) is 11.9. The van der Waals surface area contributed by atoms with Crippen molar-refractivity contribution >= 4 is 17.7 Å². The lowest BCUT2D eigenvalue weighted by Gasteiger charge is -1.91. The van der Waals surface area contributed by atoms with E-state index in [1.54, 1.807) is 0 Å². The number of aliphatic carboxylic acids is 2. The van der Waals surface area contributed by atoms with Gasteiger partial charge in [0.2, 0.25) is 5.76 Å². The number of carbonyl (C=O) groups is 3. The van der Waals surface area contributed by atoms with Crippen molar-refractivity contribution in [3.8, 4) is 0 Å². The van der Waals surface area contributed by atoms with E-state index in [2.05, 4.69) is 0 Å². The second-order valence-corrected chi connectivity index (χ2v) is 2.37. The normalized spacial score (nSPS) is 12.4. The van der Waals surface area contributed by atoms with Crippen LogP contribution < -0.4 is 0 Å². The summed E-state index contributed by atoms with van der Waals surface area (Å²) in [7, 11) is 0. The molecule has 0 spiro atoms. The molecule has 0 amide bonds. The van der Waals surface area contributed by atoms with Crippen LogP contribution in [0.1, 0.15) is 6.92 Å². The molecule has 0 radical (unpaired) electrons. The summed E-state index contributed by atoms with van der Waals surface area (Å²) in [4.78, 5) is 31.1. The van der Waals surface area contributed by atoms with Gasteiger partial charge in [-0.05, 0) is 13.0 Å². The molecule has 0 saturated carbocycles. The number of carboxylic acid groups (broad SMARTS) is 2. The molecule has 0 aromatic rings. The molecule has 0 aliphatic carbocycles. The van der Waals surface area contributed by atoms with Gasteiger partial charge in [0.15, 0.2) is 5.78 Å². The third-order valence-electron chi connectivity index (χ3n) is 1.19. The van der Waals surface area contributed by atoms with Crippen LogP contribution in [0.25, 0.3) is 0 Å². The molecule has 0 atom stereocenters. The minimum atomic E-state index is -1.65. The number of aliphatic hydroxyl groups excluding tert-OH is 1. The summed E-state index contributed by atoms with van der Waals surface area (Å²) in [6, 6.07) is 0. The monoisotopic (exact) mass is 200 g/mol. The molecule has 6 nitrogen and oxygen atoms in total. The third kappa shape index (κ3) is 4.05. The van der Waals surface area contributed by atoms with Gasteiger partial charge in [-0.25, -0.2) is 9.59 Å². The maximum Gasteiger partial charge on any atom is 0.371 e. The van der Waals surface area contributed by atoms with E-state index in [-0.39, 0.29) is 5.57 Å². The Kier molecular flexibility index (Phi) is 4.08. The molecule has 0 heterocycles. The zero-order valence-electron chi connectivity index (χ0n) is 7.22. The van der Waals surface area contributed by atoms with Crippen molar-refractivity contribution in [1.29, 1.82) is 0 Å². The average molecular weight is 200 g/mol. The van der Waals surface area contributed by atoms with Gasteiger partial charge in [-0.2, -0.15) is 0 Å². The first-order valence-corrected chi connectivity index (χ1v) is 3.44. The summed E-state index contributed by atoms with van der Waals surface area (Å²) >= 11 is 0. The molecule has 0 aromatic carbocycles. The van der Waals surface area contributed by atoms with Crippen LogP contribution in [0.4, 0.5) is 0 Å². The maximum absolute atomic E-state index is 10.8. The third-order valence-corrected chi connectivity index (χ3v) is 1.19. The molecular weight excluding hydrogens is 192 g/mol. The molecule has 0 saturated heterocycles. The number of allylic oxidation sites excluding steroid dienone is 2. The molecule has 76 valence electrons. The Morgan fingerprint density at radius 3 is 1.79 bits per heavy atom. The molecule has 0 fully saturated rings. The van der Waals surface area contributed by atoms with Crippen LogP contribution in [0.2, 0.25) is 0 Å². The van der Waals surface area contributed by atoms with E-state index >= 15 is 0 Å². The lowest BCUT2D eigenvalue weighted by molar-refractivity contribution is -0.135. The van der Waals surface area contributed by atoms with Crippen molar-refractivity contribution in [2.24, 2.45) is 0 Å². The van der Waals surface area contributed by atoms with Gasteiger partial charge in [0, 0.05) is 11.6 Å². The fourth-order valence-corrected chi connectivity index (χ4v) is 0.513. The molecule has 3 N–H and O–H groups in total. The molecule has 0 rings (SSSR count). The van der Waals surface area contributed by atoms with E-state index in [1.165, 1.54) is 6.92 Å². The molecule has 14 heavy (non-hydrogen) atoms. The van der Waals surface area contributed by atoms with Crippen LogP contribution in [0.3, 0.4) is 0 Å². The summed E-state index contributed by atoms with van der Waals surface area (Å²) in [5, 5.41) is 25.1. The zero-order valence-corrected chi connectivity index (χ0v) is 7.22. The number of aliphatic hydroxyl groups is 1. The van der Waals surface area contributed by atoms with Crippen molar-refractivity contribution in [2.75, 3.05) is 0 Å². The number of carbonyl (C=O) groups excluding carboxylic acids is 1. The molecule has 0 bridgehead atoms. The lowest BCUT2D eigenvalue weighted by Crippen LogP contribution is -2.04. The van der Waals surface area contributed by atoms with E-state index in [0.29, 0.717) is 12.2 Å². The van der Waals surface area contributed by atoms with Crippen LogP contribution >= 0.6 is 0 Å². The van der Waals surface area contributed by atoms with Gasteiger partial charge >= 0.3 is 11.9 Å². The average Bonchev–Trinajstić information content (AvgIpc) is 2.03. The number of rotatable bonds is 4. The highest BCUT2D eigenvalue weighted by Crippen LogP contribution is 1.96. The van der Waals surface area contributed by atoms with Gasteiger partial charge in [0.05, 0.1) is 0 Å². The van der Waals surface area contributed by atoms with Crippen LogP contribution in [-0.2, 0) is 14.4 Å². The van der Waals surface area contributed by atoms with Crippen molar-refractivity contribution < 1.29 is 29.7 Å².